The number of methoxy groups -OCH3 is 3. The maximum atomic E-state index is 12.6. The Kier molecular flexibility index (Phi) is 6.32. The molecular formula is C24H27N3O4S. The molecular weight excluding hydrogens is 426 g/mol. The summed E-state index contributed by atoms with van der Waals surface area (Å²) in [5, 5.41) is 7.69. The van der Waals surface area contributed by atoms with Crippen LogP contribution in [0.4, 0.5) is 5.82 Å². The van der Waals surface area contributed by atoms with Gasteiger partial charge in [-0.3, -0.25) is 4.79 Å². The molecule has 168 valence electrons. The van der Waals surface area contributed by atoms with Gasteiger partial charge in [0.15, 0.2) is 11.5 Å². The van der Waals surface area contributed by atoms with Gasteiger partial charge < -0.3 is 19.5 Å². The molecule has 1 amide bonds. The molecule has 7 nitrogen and oxygen atoms in total. The van der Waals surface area contributed by atoms with Crippen LogP contribution in [0.3, 0.4) is 0 Å². The van der Waals surface area contributed by atoms with E-state index in [4.69, 9.17) is 19.3 Å². The van der Waals surface area contributed by atoms with Crippen molar-refractivity contribution in [3.05, 3.63) is 58.8 Å². The van der Waals surface area contributed by atoms with Gasteiger partial charge >= 0.3 is 0 Å². The van der Waals surface area contributed by atoms with Crippen LogP contribution >= 0.6 is 11.8 Å². The average Bonchev–Trinajstić information content (AvgIpc) is 3.02. The van der Waals surface area contributed by atoms with Crippen LogP contribution in [0.5, 0.6) is 17.2 Å². The Morgan fingerprint density at radius 1 is 1.06 bits per heavy atom. The lowest BCUT2D eigenvalue weighted by molar-refractivity contribution is -0.113. The summed E-state index contributed by atoms with van der Waals surface area (Å²) in [6, 6.07) is 12.1. The van der Waals surface area contributed by atoms with Gasteiger partial charge in [0.05, 0.1) is 43.7 Å². The lowest BCUT2D eigenvalue weighted by Crippen LogP contribution is -2.15. The molecule has 1 aliphatic heterocycles. The lowest BCUT2D eigenvalue weighted by atomic mass is 10.0. The maximum Gasteiger partial charge on any atom is 0.235 e. The van der Waals surface area contributed by atoms with Gasteiger partial charge in [-0.25, -0.2) is 4.68 Å². The highest BCUT2D eigenvalue weighted by atomic mass is 32.2. The fraction of sp³-hybridized carbons (Fsp3) is 0.333. The number of hydrogen-bond acceptors (Lipinski definition) is 6. The number of amides is 1. The zero-order valence-corrected chi connectivity index (χ0v) is 19.7. The fourth-order valence-corrected chi connectivity index (χ4v) is 5.22. The molecule has 1 atom stereocenters. The second-order valence-corrected chi connectivity index (χ2v) is 8.54. The molecule has 4 rings (SSSR count). The first-order valence-electron chi connectivity index (χ1n) is 10.4. The number of aromatic nitrogens is 2. The van der Waals surface area contributed by atoms with Crippen molar-refractivity contribution < 1.29 is 19.0 Å². The lowest BCUT2D eigenvalue weighted by Gasteiger charge is -2.21. The second-order valence-electron chi connectivity index (χ2n) is 7.44. The van der Waals surface area contributed by atoms with E-state index in [9.17, 15) is 4.79 Å². The molecule has 0 spiro atoms. The van der Waals surface area contributed by atoms with Crippen molar-refractivity contribution in [1.29, 1.82) is 0 Å². The maximum absolute atomic E-state index is 12.6. The second kappa shape index (κ2) is 9.16. The highest BCUT2D eigenvalue weighted by Crippen LogP contribution is 2.50. The number of nitrogens with zero attached hydrogens (tertiary/aromatic N) is 2. The molecule has 1 N–H and O–H groups in total. The number of anilines is 1. The molecule has 32 heavy (non-hydrogen) atoms. The van der Waals surface area contributed by atoms with E-state index in [1.807, 2.05) is 35.9 Å². The van der Waals surface area contributed by atoms with Crippen LogP contribution in [0, 0.1) is 6.92 Å². The molecule has 0 radical (unpaired) electrons. The number of fused-ring (bicyclic) bond motifs is 1. The third-order valence-corrected chi connectivity index (χ3v) is 6.87. The molecule has 1 aliphatic rings. The fourth-order valence-electron chi connectivity index (χ4n) is 4.02. The number of carbonyl (C=O) groups is 1. The summed E-state index contributed by atoms with van der Waals surface area (Å²) in [5.41, 5.74) is 4.84. The van der Waals surface area contributed by atoms with Crippen LogP contribution in [-0.4, -0.2) is 42.8 Å². The number of thioether (sulfide) groups is 1. The number of rotatable bonds is 6. The van der Waals surface area contributed by atoms with E-state index in [2.05, 4.69) is 24.4 Å². The molecule has 2 heterocycles. The molecule has 0 bridgehead atoms. The molecule has 2 aromatic carbocycles. The number of carbonyl (C=O) groups excluding carboxylic acids is 1. The van der Waals surface area contributed by atoms with Crippen molar-refractivity contribution in [3.8, 4) is 22.9 Å². The Hall–Kier alpha value is -3.13. The zero-order valence-electron chi connectivity index (χ0n) is 18.9. The van der Waals surface area contributed by atoms with Gasteiger partial charge in [-0.15, -0.1) is 11.8 Å². The molecule has 0 fully saturated rings. The van der Waals surface area contributed by atoms with E-state index in [1.54, 1.807) is 21.3 Å². The number of ether oxygens (including phenoxy) is 3. The van der Waals surface area contributed by atoms with Gasteiger partial charge in [0.1, 0.15) is 5.82 Å². The van der Waals surface area contributed by atoms with E-state index in [0.717, 1.165) is 28.9 Å². The van der Waals surface area contributed by atoms with Crippen LogP contribution in [0.2, 0.25) is 0 Å². The minimum absolute atomic E-state index is 0.0653. The van der Waals surface area contributed by atoms with Crippen LogP contribution < -0.4 is 19.5 Å². The predicted octanol–water partition coefficient (Wildman–Crippen LogP) is 4.54. The van der Waals surface area contributed by atoms with E-state index in [1.165, 1.54) is 17.3 Å². The SMILES string of the molecule is CCc1ccc(-n2nc(C)c3c2NC(=O)CSC3c2ccc(OC)c(OC)c2OC)cc1. The van der Waals surface area contributed by atoms with Gasteiger partial charge in [0.25, 0.3) is 0 Å². The van der Waals surface area contributed by atoms with Crippen LogP contribution in [0.15, 0.2) is 36.4 Å². The molecule has 1 unspecified atom stereocenters. The van der Waals surface area contributed by atoms with Crippen molar-refractivity contribution in [3.63, 3.8) is 0 Å². The van der Waals surface area contributed by atoms with Gasteiger partial charge in [-0.05, 0) is 43.2 Å². The minimum Gasteiger partial charge on any atom is -0.493 e. The third kappa shape index (κ3) is 3.79. The van der Waals surface area contributed by atoms with Crippen molar-refractivity contribution in [2.24, 2.45) is 0 Å². The van der Waals surface area contributed by atoms with Crippen molar-refractivity contribution in [2.45, 2.75) is 25.5 Å². The number of nitrogens with one attached hydrogen (secondary N) is 1. The monoisotopic (exact) mass is 453 g/mol. The summed E-state index contributed by atoms with van der Waals surface area (Å²) in [7, 11) is 4.79. The summed E-state index contributed by atoms with van der Waals surface area (Å²) in [5.74, 6) is 2.63. The number of hydrogen-bond donors (Lipinski definition) is 1. The standard InChI is InChI=1S/C24H27N3O4S/c1-6-15-7-9-16(10-8-15)27-24-20(14(2)26-27)23(32-13-19(28)25-24)17-11-12-18(29-3)22(31-5)21(17)30-4/h7-12,23H,6,13H2,1-5H3,(H,25,28). The summed E-state index contributed by atoms with van der Waals surface area (Å²) in [6.45, 7) is 4.09. The van der Waals surface area contributed by atoms with Gasteiger partial charge in [0.2, 0.25) is 11.7 Å². The largest absolute Gasteiger partial charge is 0.493 e. The number of benzene rings is 2. The van der Waals surface area contributed by atoms with E-state index >= 15 is 0 Å². The first-order valence-corrected chi connectivity index (χ1v) is 11.5. The first-order chi connectivity index (χ1) is 15.5. The van der Waals surface area contributed by atoms with Gasteiger partial charge in [-0.1, -0.05) is 19.1 Å². The Bertz CT molecular complexity index is 1140. The molecule has 0 saturated heterocycles. The predicted molar refractivity (Wildman–Crippen MR) is 127 cm³/mol. The normalized spacial score (nSPS) is 15.5. The molecule has 0 saturated carbocycles. The molecule has 0 aliphatic carbocycles. The topological polar surface area (TPSA) is 74.6 Å². The minimum atomic E-state index is -0.178. The molecule has 3 aromatic rings. The summed E-state index contributed by atoms with van der Waals surface area (Å²) in [4.78, 5) is 12.6. The summed E-state index contributed by atoms with van der Waals surface area (Å²) in [6.07, 6.45) is 0.963. The van der Waals surface area contributed by atoms with Crippen molar-refractivity contribution in [1.82, 2.24) is 9.78 Å². The van der Waals surface area contributed by atoms with E-state index in [-0.39, 0.29) is 11.2 Å². The zero-order chi connectivity index (χ0) is 22.8. The van der Waals surface area contributed by atoms with E-state index < -0.39 is 0 Å². The highest BCUT2D eigenvalue weighted by molar-refractivity contribution is 8.00. The quantitative estimate of drug-likeness (QED) is 0.591. The van der Waals surface area contributed by atoms with E-state index in [0.29, 0.717) is 28.8 Å². The summed E-state index contributed by atoms with van der Waals surface area (Å²) >= 11 is 1.54. The smallest absolute Gasteiger partial charge is 0.235 e. The summed E-state index contributed by atoms with van der Waals surface area (Å²) < 4.78 is 18.6. The Balaban J connectivity index is 1.90. The van der Waals surface area contributed by atoms with Crippen molar-refractivity contribution in [2.75, 3.05) is 32.4 Å². The van der Waals surface area contributed by atoms with Crippen LogP contribution in [0.1, 0.15) is 34.6 Å². The Labute approximate surface area is 192 Å². The van der Waals surface area contributed by atoms with Crippen LogP contribution in [-0.2, 0) is 11.2 Å². The van der Waals surface area contributed by atoms with Gasteiger partial charge in [-0.2, -0.15) is 5.10 Å². The Morgan fingerprint density at radius 2 is 1.78 bits per heavy atom. The number of aryl methyl sites for hydroxylation is 2. The Morgan fingerprint density at radius 3 is 2.41 bits per heavy atom. The first kappa shape index (κ1) is 22.1. The molecule has 1 aromatic heterocycles. The van der Waals surface area contributed by atoms with Crippen LogP contribution in [0.25, 0.3) is 5.69 Å². The van der Waals surface area contributed by atoms with Crippen molar-refractivity contribution >= 4 is 23.5 Å². The third-order valence-electron chi connectivity index (χ3n) is 5.61. The molecule has 8 heteroatoms. The average molecular weight is 454 g/mol. The van der Waals surface area contributed by atoms with Gasteiger partial charge in [0, 0.05) is 11.1 Å². The highest BCUT2D eigenvalue weighted by Gasteiger charge is 2.33.